The second-order valence-electron chi connectivity index (χ2n) is 5.59. The van der Waals surface area contributed by atoms with Crippen molar-refractivity contribution in [2.45, 2.75) is 32.8 Å². The molecule has 0 bridgehead atoms. The fourth-order valence-corrected chi connectivity index (χ4v) is 2.17. The maximum Gasteiger partial charge on any atom is 0.409 e. The molecule has 7 heteroatoms. The van der Waals surface area contributed by atoms with E-state index >= 15 is 0 Å². The number of carbonyl (C=O) groups excluding carboxylic acids is 2. The second kappa shape index (κ2) is 9.30. The van der Waals surface area contributed by atoms with Gasteiger partial charge in [0.1, 0.15) is 12.7 Å². The number of amides is 2. The molecule has 0 spiro atoms. The molecule has 2 N–H and O–H groups in total. The molecule has 0 unspecified atom stereocenters. The summed E-state index contributed by atoms with van der Waals surface area (Å²) in [5.74, 6) is 0. The van der Waals surface area contributed by atoms with Gasteiger partial charge in [0.2, 0.25) is 0 Å². The Balaban J connectivity index is 2.20. The highest BCUT2D eigenvalue weighted by Crippen LogP contribution is 2.13. The quantitative estimate of drug-likeness (QED) is 0.753. The van der Waals surface area contributed by atoms with Crippen molar-refractivity contribution >= 4 is 12.2 Å². The van der Waals surface area contributed by atoms with Crippen LogP contribution in [-0.2, 0) is 9.47 Å². The number of carbonyl (C=O) groups is 2. The molecule has 126 valence electrons. The zero-order valence-electron chi connectivity index (χ0n) is 13.7. The van der Waals surface area contributed by atoms with Gasteiger partial charge in [-0.05, 0) is 32.3 Å². The van der Waals surface area contributed by atoms with Gasteiger partial charge in [-0.3, -0.25) is 0 Å². The molecule has 2 amide bonds. The number of piperidine rings is 1. The average molecular weight is 313 g/mol. The van der Waals surface area contributed by atoms with E-state index in [1.807, 2.05) is 19.9 Å². The summed E-state index contributed by atoms with van der Waals surface area (Å²) in [5.41, 5.74) is 6.04. The van der Waals surface area contributed by atoms with Crippen LogP contribution in [0, 0.1) is 0 Å². The molecule has 0 atom stereocenters. The summed E-state index contributed by atoms with van der Waals surface area (Å²) < 4.78 is 10.2. The van der Waals surface area contributed by atoms with Gasteiger partial charge in [-0.1, -0.05) is 6.08 Å². The molecule has 0 aromatic rings. The third-order valence-corrected chi connectivity index (χ3v) is 3.80. The van der Waals surface area contributed by atoms with E-state index in [9.17, 15) is 9.59 Å². The van der Waals surface area contributed by atoms with E-state index in [1.54, 1.807) is 11.9 Å². The van der Waals surface area contributed by atoms with Crippen molar-refractivity contribution in [1.82, 2.24) is 9.80 Å². The third kappa shape index (κ3) is 6.80. The Morgan fingerprint density at radius 1 is 1.36 bits per heavy atom. The Morgan fingerprint density at radius 2 is 2.00 bits per heavy atom. The van der Waals surface area contributed by atoms with Crippen LogP contribution in [0.15, 0.2) is 11.6 Å². The van der Waals surface area contributed by atoms with Crippen molar-refractivity contribution in [3.05, 3.63) is 11.6 Å². The molecule has 0 radical (unpaired) electrons. The van der Waals surface area contributed by atoms with Crippen LogP contribution in [0.5, 0.6) is 0 Å². The van der Waals surface area contributed by atoms with Crippen LogP contribution in [0.2, 0.25) is 0 Å². The Kier molecular flexibility index (Phi) is 7.73. The maximum atomic E-state index is 11.8. The Bertz CT molecular complexity index is 404. The molecule has 22 heavy (non-hydrogen) atoms. The molecule has 0 saturated carbocycles. The summed E-state index contributed by atoms with van der Waals surface area (Å²) in [6.07, 6.45) is 2.37. The highest BCUT2D eigenvalue weighted by molar-refractivity contribution is 5.67. The standard InChI is InChI=1S/C15H27N3O4/c1-4-12(2)11-21-15(20)17(3)9-10-18-7-5-13(6-8-18)22-14(16)19/h4,13H,5-11H2,1-3H3,(H2,16,19)/b12-4+. The number of primary amides is 1. The van der Waals surface area contributed by atoms with Crippen LogP contribution in [-0.4, -0.2) is 67.9 Å². The average Bonchev–Trinajstić information content (AvgIpc) is 2.50. The van der Waals surface area contributed by atoms with Crippen LogP contribution in [0.3, 0.4) is 0 Å². The smallest absolute Gasteiger partial charge is 0.409 e. The first-order valence-electron chi connectivity index (χ1n) is 7.60. The molecular formula is C15H27N3O4. The fraction of sp³-hybridized carbons (Fsp3) is 0.733. The molecule has 7 nitrogen and oxygen atoms in total. The lowest BCUT2D eigenvalue weighted by Gasteiger charge is -2.32. The minimum absolute atomic E-state index is 0.0831. The Labute approximate surface area is 132 Å². The number of likely N-dealkylation sites (tertiary alicyclic amines) is 1. The van der Waals surface area contributed by atoms with Crippen molar-refractivity contribution in [3.8, 4) is 0 Å². The SMILES string of the molecule is C/C=C(\C)COC(=O)N(C)CCN1CCC(OC(N)=O)CC1. The highest BCUT2D eigenvalue weighted by atomic mass is 16.6. The number of ether oxygens (including phenoxy) is 2. The highest BCUT2D eigenvalue weighted by Gasteiger charge is 2.22. The number of nitrogens with two attached hydrogens (primary N) is 1. The number of allylic oxidation sites excluding steroid dienone is 1. The Hall–Kier alpha value is -1.76. The van der Waals surface area contributed by atoms with Crippen molar-refractivity contribution in [3.63, 3.8) is 0 Å². The van der Waals surface area contributed by atoms with Gasteiger partial charge in [0.15, 0.2) is 0 Å². The lowest BCUT2D eigenvalue weighted by molar-refractivity contribution is 0.0527. The number of hydrogen-bond acceptors (Lipinski definition) is 5. The van der Waals surface area contributed by atoms with E-state index in [2.05, 4.69) is 4.90 Å². The molecule has 1 heterocycles. The van der Waals surface area contributed by atoms with Crippen molar-refractivity contribution < 1.29 is 19.1 Å². The zero-order chi connectivity index (χ0) is 16.5. The first-order chi connectivity index (χ1) is 10.4. The monoisotopic (exact) mass is 313 g/mol. The van der Waals surface area contributed by atoms with Gasteiger partial charge >= 0.3 is 12.2 Å². The Morgan fingerprint density at radius 3 is 2.55 bits per heavy atom. The molecule has 1 saturated heterocycles. The number of nitrogens with zero attached hydrogens (tertiary/aromatic N) is 2. The minimum atomic E-state index is -0.711. The van der Waals surface area contributed by atoms with E-state index in [0.717, 1.165) is 38.0 Å². The van der Waals surface area contributed by atoms with E-state index in [1.165, 1.54) is 0 Å². The van der Waals surface area contributed by atoms with Crippen LogP contribution < -0.4 is 5.73 Å². The van der Waals surface area contributed by atoms with Gasteiger partial charge in [0.25, 0.3) is 0 Å². The first-order valence-corrected chi connectivity index (χ1v) is 7.60. The number of likely N-dealkylation sites (N-methyl/N-ethyl adjacent to an activating group) is 1. The van der Waals surface area contributed by atoms with Gasteiger partial charge in [-0.25, -0.2) is 9.59 Å². The summed E-state index contributed by atoms with van der Waals surface area (Å²) in [5, 5.41) is 0. The second-order valence-corrected chi connectivity index (χ2v) is 5.59. The van der Waals surface area contributed by atoms with Gasteiger partial charge in [-0.2, -0.15) is 0 Å². The zero-order valence-corrected chi connectivity index (χ0v) is 13.7. The van der Waals surface area contributed by atoms with E-state index < -0.39 is 6.09 Å². The molecular weight excluding hydrogens is 286 g/mol. The van der Waals surface area contributed by atoms with Gasteiger partial charge in [0.05, 0.1) is 0 Å². The molecule has 0 aliphatic carbocycles. The predicted octanol–water partition coefficient (Wildman–Crippen LogP) is 1.58. The van der Waals surface area contributed by atoms with Gasteiger partial charge < -0.3 is 25.0 Å². The molecule has 1 fully saturated rings. The van der Waals surface area contributed by atoms with Crippen LogP contribution in [0.4, 0.5) is 9.59 Å². The van der Waals surface area contributed by atoms with Crippen LogP contribution in [0.25, 0.3) is 0 Å². The van der Waals surface area contributed by atoms with Crippen LogP contribution >= 0.6 is 0 Å². The normalized spacial score (nSPS) is 17.1. The number of hydrogen-bond donors (Lipinski definition) is 1. The summed E-state index contributed by atoms with van der Waals surface area (Å²) in [6, 6.07) is 0. The lowest BCUT2D eigenvalue weighted by Crippen LogP contribution is -2.42. The summed E-state index contributed by atoms with van der Waals surface area (Å²) in [7, 11) is 1.73. The van der Waals surface area contributed by atoms with Crippen LogP contribution in [0.1, 0.15) is 26.7 Å². The van der Waals surface area contributed by atoms with Gasteiger partial charge in [-0.15, -0.1) is 0 Å². The fourth-order valence-electron chi connectivity index (χ4n) is 2.17. The number of rotatable bonds is 6. The summed E-state index contributed by atoms with van der Waals surface area (Å²) in [6.45, 7) is 7.21. The van der Waals surface area contributed by atoms with Gasteiger partial charge in [0, 0.05) is 33.2 Å². The van der Waals surface area contributed by atoms with Crippen molar-refractivity contribution in [2.24, 2.45) is 5.73 Å². The maximum absolute atomic E-state index is 11.8. The molecule has 0 aromatic heterocycles. The lowest BCUT2D eigenvalue weighted by atomic mass is 10.1. The molecule has 0 aromatic carbocycles. The third-order valence-electron chi connectivity index (χ3n) is 3.80. The molecule has 1 aliphatic rings. The minimum Gasteiger partial charge on any atom is -0.446 e. The molecule has 1 rings (SSSR count). The van der Waals surface area contributed by atoms with Crippen molar-refractivity contribution in [2.75, 3.05) is 39.8 Å². The predicted molar refractivity (Wildman–Crippen MR) is 83.5 cm³/mol. The van der Waals surface area contributed by atoms with E-state index in [4.69, 9.17) is 15.2 Å². The molecule has 1 aliphatic heterocycles. The first kappa shape index (κ1) is 18.3. The van der Waals surface area contributed by atoms with E-state index in [-0.39, 0.29) is 12.2 Å². The summed E-state index contributed by atoms with van der Waals surface area (Å²) in [4.78, 5) is 26.3. The summed E-state index contributed by atoms with van der Waals surface area (Å²) >= 11 is 0. The van der Waals surface area contributed by atoms with E-state index in [0.29, 0.717) is 13.2 Å². The topological polar surface area (TPSA) is 85.1 Å². The van der Waals surface area contributed by atoms with Crippen molar-refractivity contribution in [1.29, 1.82) is 0 Å². The largest absolute Gasteiger partial charge is 0.446 e.